The Morgan fingerprint density at radius 3 is 2.63 bits per heavy atom. The number of carbonyl (C=O) groups is 1. The molecule has 1 amide bonds. The Labute approximate surface area is 201 Å². The van der Waals surface area contributed by atoms with Gasteiger partial charge in [-0.25, -0.2) is 5.43 Å². The molecule has 0 unspecified atom stereocenters. The molecule has 30 heavy (non-hydrogen) atoms. The Kier molecular flexibility index (Phi) is 8.12. The summed E-state index contributed by atoms with van der Waals surface area (Å²) in [5, 5.41) is 4.39. The van der Waals surface area contributed by atoms with Gasteiger partial charge in [0.1, 0.15) is 6.61 Å². The zero-order valence-corrected chi connectivity index (χ0v) is 20.4. The van der Waals surface area contributed by atoms with Crippen LogP contribution in [-0.2, 0) is 6.61 Å². The maximum atomic E-state index is 12.2. The zero-order valence-electron chi connectivity index (χ0n) is 15.9. The Hall–Kier alpha value is -2.10. The average Bonchev–Trinajstić information content (AvgIpc) is 2.74. The van der Waals surface area contributed by atoms with E-state index in [0.717, 1.165) is 19.2 Å². The Morgan fingerprint density at radius 1 is 1.20 bits per heavy atom. The molecule has 0 aliphatic heterocycles. The lowest BCUT2D eigenvalue weighted by molar-refractivity contribution is 0.0955. The second kappa shape index (κ2) is 10.8. The fourth-order valence-corrected chi connectivity index (χ4v) is 3.83. The number of hydrogen-bond donors (Lipinski definition) is 1. The highest BCUT2D eigenvalue weighted by Gasteiger charge is 2.12. The number of amides is 1. The van der Waals surface area contributed by atoms with Gasteiger partial charge >= 0.3 is 0 Å². The van der Waals surface area contributed by atoms with E-state index in [0.29, 0.717) is 28.7 Å². The predicted octanol–water partition coefficient (Wildman–Crippen LogP) is 6.06. The Balaban J connectivity index is 1.70. The first-order valence-corrected chi connectivity index (χ1v) is 11.1. The van der Waals surface area contributed by atoms with Gasteiger partial charge in [0.2, 0.25) is 0 Å². The van der Waals surface area contributed by atoms with E-state index in [1.807, 2.05) is 30.3 Å². The molecule has 0 atom stereocenters. The fourth-order valence-electron chi connectivity index (χ4n) is 2.56. The van der Waals surface area contributed by atoms with Crippen molar-refractivity contribution >= 4 is 62.2 Å². The van der Waals surface area contributed by atoms with Gasteiger partial charge in [0, 0.05) is 4.47 Å². The van der Waals surface area contributed by atoms with Crippen molar-refractivity contribution in [1.29, 1.82) is 0 Å². The zero-order chi connectivity index (χ0) is 21.5. The van der Waals surface area contributed by atoms with Gasteiger partial charge in [-0.3, -0.25) is 4.79 Å². The number of methoxy groups -OCH3 is 1. The van der Waals surface area contributed by atoms with E-state index in [1.165, 1.54) is 6.21 Å². The van der Waals surface area contributed by atoms with Crippen LogP contribution in [0.15, 0.2) is 70.2 Å². The molecule has 0 aliphatic carbocycles. The molecule has 3 aromatic rings. The van der Waals surface area contributed by atoms with Crippen molar-refractivity contribution in [1.82, 2.24) is 5.43 Å². The maximum absolute atomic E-state index is 12.2. The van der Waals surface area contributed by atoms with Crippen LogP contribution >= 0.6 is 50.1 Å². The molecule has 0 saturated carbocycles. The Bertz CT molecular complexity index is 1070. The van der Waals surface area contributed by atoms with Crippen LogP contribution in [0.5, 0.6) is 11.5 Å². The molecule has 0 bridgehead atoms. The summed E-state index contributed by atoms with van der Waals surface area (Å²) < 4.78 is 13.3. The average molecular weight is 600 g/mol. The number of hydrazone groups is 1. The van der Waals surface area contributed by atoms with E-state index < -0.39 is 0 Å². The molecule has 0 saturated heterocycles. The summed E-state index contributed by atoms with van der Waals surface area (Å²) in [6.45, 7) is 0.418. The second-order valence-electron chi connectivity index (χ2n) is 6.13. The van der Waals surface area contributed by atoms with Crippen molar-refractivity contribution in [3.8, 4) is 11.5 Å². The SMILES string of the molecule is COc1cc(/C=N\NC(=O)c2ccccc2Cl)cc(I)c1OCc1ccc(Br)cc1. The molecule has 3 aromatic carbocycles. The third-order valence-corrected chi connectivity index (χ3v) is 5.71. The monoisotopic (exact) mass is 598 g/mol. The summed E-state index contributed by atoms with van der Waals surface area (Å²) in [5.74, 6) is 0.851. The molecule has 154 valence electrons. The van der Waals surface area contributed by atoms with Crippen LogP contribution in [-0.4, -0.2) is 19.2 Å². The van der Waals surface area contributed by atoms with Crippen LogP contribution in [0.25, 0.3) is 0 Å². The number of carbonyl (C=O) groups excluding carboxylic acids is 1. The lowest BCUT2D eigenvalue weighted by Gasteiger charge is -2.13. The van der Waals surface area contributed by atoms with E-state index in [9.17, 15) is 4.79 Å². The summed E-state index contributed by atoms with van der Waals surface area (Å²) in [7, 11) is 1.58. The predicted molar refractivity (Wildman–Crippen MR) is 131 cm³/mol. The second-order valence-corrected chi connectivity index (χ2v) is 8.61. The Morgan fingerprint density at radius 2 is 1.93 bits per heavy atom. The van der Waals surface area contributed by atoms with Gasteiger partial charge in [-0.2, -0.15) is 5.10 Å². The normalized spacial score (nSPS) is 10.8. The van der Waals surface area contributed by atoms with E-state index >= 15 is 0 Å². The number of ether oxygens (including phenoxy) is 2. The van der Waals surface area contributed by atoms with E-state index in [2.05, 4.69) is 49.0 Å². The third kappa shape index (κ3) is 5.96. The van der Waals surface area contributed by atoms with Crippen LogP contribution in [0.1, 0.15) is 21.5 Å². The van der Waals surface area contributed by atoms with Crippen molar-refractivity contribution in [2.24, 2.45) is 5.10 Å². The van der Waals surface area contributed by atoms with Gasteiger partial charge in [-0.15, -0.1) is 0 Å². The summed E-state index contributed by atoms with van der Waals surface area (Å²) >= 11 is 11.6. The van der Waals surface area contributed by atoms with Crippen molar-refractivity contribution in [3.05, 3.63) is 90.4 Å². The molecule has 0 aliphatic rings. The van der Waals surface area contributed by atoms with Gasteiger partial charge in [0.05, 0.1) is 27.5 Å². The van der Waals surface area contributed by atoms with Crippen molar-refractivity contribution in [2.45, 2.75) is 6.61 Å². The highest BCUT2D eigenvalue weighted by atomic mass is 127. The molecule has 3 rings (SSSR count). The molecule has 5 nitrogen and oxygen atoms in total. The van der Waals surface area contributed by atoms with E-state index in [1.54, 1.807) is 37.4 Å². The van der Waals surface area contributed by atoms with Crippen LogP contribution in [0.2, 0.25) is 5.02 Å². The van der Waals surface area contributed by atoms with E-state index in [-0.39, 0.29) is 5.91 Å². The third-order valence-electron chi connectivity index (χ3n) is 4.05. The summed E-state index contributed by atoms with van der Waals surface area (Å²) in [6.07, 6.45) is 1.54. The summed E-state index contributed by atoms with van der Waals surface area (Å²) in [6, 6.07) is 18.4. The van der Waals surface area contributed by atoms with Crippen molar-refractivity contribution in [3.63, 3.8) is 0 Å². The van der Waals surface area contributed by atoms with Crippen molar-refractivity contribution in [2.75, 3.05) is 7.11 Å². The number of hydrogen-bond acceptors (Lipinski definition) is 4. The number of nitrogens with zero attached hydrogens (tertiary/aromatic N) is 1. The molecule has 0 aromatic heterocycles. The van der Waals surface area contributed by atoms with Crippen molar-refractivity contribution < 1.29 is 14.3 Å². The fraction of sp³-hybridized carbons (Fsp3) is 0.0909. The van der Waals surface area contributed by atoms with Gasteiger partial charge in [0.15, 0.2) is 11.5 Å². The largest absolute Gasteiger partial charge is 0.493 e. The lowest BCUT2D eigenvalue weighted by Crippen LogP contribution is -2.17. The van der Waals surface area contributed by atoms with Gasteiger partial charge in [-0.05, 0) is 70.1 Å². The molecule has 0 fully saturated rings. The van der Waals surface area contributed by atoms with E-state index in [4.69, 9.17) is 21.1 Å². The van der Waals surface area contributed by atoms with Crippen LogP contribution in [0, 0.1) is 3.57 Å². The minimum Gasteiger partial charge on any atom is -0.493 e. The first kappa shape index (κ1) is 22.6. The molecule has 0 radical (unpaired) electrons. The molecular formula is C22H17BrClIN2O3. The standard InChI is InChI=1S/C22H17BrClIN2O3/c1-29-20-11-15(12-26-27-22(28)17-4-2-3-5-18(17)24)10-19(25)21(20)30-13-14-6-8-16(23)9-7-14/h2-12H,13H2,1H3,(H,27,28)/b26-12-. The number of halogens is 3. The number of benzene rings is 3. The van der Waals surface area contributed by atoms with Crippen LogP contribution in [0.3, 0.4) is 0 Å². The maximum Gasteiger partial charge on any atom is 0.272 e. The quantitative estimate of drug-likeness (QED) is 0.204. The minimum atomic E-state index is -0.382. The van der Waals surface area contributed by atoms with Gasteiger partial charge < -0.3 is 9.47 Å². The first-order chi connectivity index (χ1) is 14.5. The van der Waals surface area contributed by atoms with Gasteiger partial charge in [-0.1, -0.05) is 51.8 Å². The summed E-state index contributed by atoms with van der Waals surface area (Å²) in [4.78, 5) is 12.2. The highest BCUT2D eigenvalue weighted by molar-refractivity contribution is 14.1. The smallest absolute Gasteiger partial charge is 0.272 e. The van der Waals surface area contributed by atoms with Gasteiger partial charge in [0.25, 0.3) is 5.91 Å². The number of rotatable bonds is 7. The molecule has 1 N–H and O–H groups in total. The topological polar surface area (TPSA) is 59.9 Å². The molecule has 8 heteroatoms. The first-order valence-electron chi connectivity index (χ1n) is 8.80. The van der Waals surface area contributed by atoms with Crippen LogP contribution in [0.4, 0.5) is 0 Å². The molecule has 0 heterocycles. The molecular weight excluding hydrogens is 583 g/mol. The van der Waals surface area contributed by atoms with Crippen LogP contribution < -0.4 is 14.9 Å². The minimum absolute atomic E-state index is 0.361. The molecule has 0 spiro atoms. The number of nitrogens with one attached hydrogen (secondary N) is 1. The summed E-state index contributed by atoms with van der Waals surface area (Å²) in [5.41, 5.74) is 4.64. The highest BCUT2D eigenvalue weighted by Crippen LogP contribution is 2.34. The lowest BCUT2D eigenvalue weighted by atomic mass is 10.2.